The standard InChI is InChI=1S/C8H13NO6S/c1-8(2,3)15-9-6(10)4-5(7(9)11)16(12,13)14/h5H,4H2,1-3H3,(H,12,13,14)/p-1. The van der Waals surface area contributed by atoms with E-state index in [1.165, 1.54) is 0 Å². The molecule has 7 nitrogen and oxygen atoms in total. The van der Waals surface area contributed by atoms with Crippen LogP contribution in [0.5, 0.6) is 0 Å². The number of hydrogen-bond acceptors (Lipinski definition) is 6. The minimum atomic E-state index is -4.82. The Morgan fingerprint density at radius 1 is 1.38 bits per heavy atom. The van der Waals surface area contributed by atoms with Gasteiger partial charge in [0.05, 0.1) is 12.0 Å². The van der Waals surface area contributed by atoms with Crippen molar-refractivity contribution in [1.29, 1.82) is 0 Å². The molecule has 1 fully saturated rings. The number of hydrogen-bond donors (Lipinski definition) is 0. The van der Waals surface area contributed by atoms with Gasteiger partial charge in [-0.15, -0.1) is 0 Å². The predicted octanol–water partition coefficient (Wildman–Crippen LogP) is -0.611. The van der Waals surface area contributed by atoms with Gasteiger partial charge >= 0.3 is 0 Å². The van der Waals surface area contributed by atoms with Gasteiger partial charge in [-0.25, -0.2) is 8.42 Å². The Morgan fingerprint density at radius 2 is 1.88 bits per heavy atom. The summed E-state index contributed by atoms with van der Waals surface area (Å²) in [6.07, 6.45) is -0.652. The van der Waals surface area contributed by atoms with Crippen LogP contribution in [0.4, 0.5) is 0 Å². The number of amides is 2. The number of carbonyl (C=O) groups excluding carboxylic acids is 2. The normalized spacial score (nSPS) is 23.0. The van der Waals surface area contributed by atoms with E-state index in [0.717, 1.165) is 0 Å². The first kappa shape index (κ1) is 13.1. The third-order valence-electron chi connectivity index (χ3n) is 1.78. The SMILES string of the molecule is CC(C)(C)ON1C(=O)CC(S(=O)(=O)[O-])C1=O. The Kier molecular flexibility index (Phi) is 3.10. The molecule has 1 heterocycles. The fourth-order valence-electron chi connectivity index (χ4n) is 1.18. The highest BCUT2D eigenvalue weighted by Crippen LogP contribution is 2.22. The van der Waals surface area contributed by atoms with Gasteiger partial charge in [-0.3, -0.25) is 14.4 Å². The molecule has 1 aliphatic heterocycles. The predicted molar refractivity (Wildman–Crippen MR) is 50.8 cm³/mol. The first-order valence-corrected chi connectivity index (χ1v) is 6.00. The van der Waals surface area contributed by atoms with Crippen molar-refractivity contribution in [2.24, 2.45) is 0 Å². The van der Waals surface area contributed by atoms with Crippen LogP contribution in [0.2, 0.25) is 0 Å². The van der Waals surface area contributed by atoms with Crippen molar-refractivity contribution in [2.75, 3.05) is 0 Å². The van der Waals surface area contributed by atoms with E-state index in [4.69, 9.17) is 4.84 Å². The van der Waals surface area contributed by atoms with Gasteiger partial charge in [0.2, 0.25) is 0 Å². The number of hydroxylamine groups is 2. The average Bonchev–Trinajstić information content (AvgIpc) is 2.28. The average molecular weight is 250 g/mol. The summed E-state index contributed by atoms with van der Waals surface area (Å²) in [5.41, 5.74) is -0.827. The molecular formula is C8H12NO6S-. The molecule has 0 aliphatic carbocycles. The molecule has 1 atom stereocenters. The fourth-order valence-corrected chi connectivity index (χ4v) is 1.87. The number of imide groups is 1. The number of nitrogens with zero attached hydrogens (tertiary/aromatic N) is 1. The molecule has 0 N–H and O–H groups in total. The highest BCUT2D eigenvalue weighted by molar-refractivity contribution is 7.87. The summed E-state index contributed by atoms with van der Waals surface area (Å²) in [6, 6.07) is 0. The lowest BCUT2D eigenvalue weighted by molar-refractivity contribution is -0.218. The molecule has 0 aromatic rings. The Hall–Kier alpha value is -0.990. The summed E-state index contributed by atoms with van der Waals surface area (Å²) in [7, 11) is -4.82. The zero-order chi connectivity index (χ0) is 12.7. The second-order valence-corrected chi connectivity index (χ2v) is 5.97. The molecule has 2 amide bonds. The summed E-state index contributed by atoms with van der Waals surface area (Å²) in [5, 5.41) is -1.50. The van der Waals surface area contributed by atoms with Gasteiger partial charge in [0, 0.05) is 0 Å². The summed E-state index contributed by atoms with van der Waals surface area (Å²) >= 11 is 0. The molecular weight excluding hydrogens is 238 g/mol. The minimum absolute atomic E-state index is 0.361. The number of rotatable bonds is 2. The maximum atomic E-state index is 11.4. The monoisotopic (exact) mass is 250 g/mol. The highest BCUT2D eigenvalue weighted by atomic mass is 32.2. The Bertz CT molecular complexity index is 420. The zero-order valence-corrected chi connectivity index (χ0v) is 9.91. The van der Waals surface area contributed by atoms with Crippen LogP contribution in [-0.2, 0) is 24.5 Å². The third-order valence-corrected chi connectivity index (χ3v) is 2.84. The Labute approximate surface area is 93.1 Å². The van der Waals surface area contributed by atoms with Crippen molar-refractivity contribution in [2.45, 2.75) is 38.0 Å². The number of carbonyl (C=O) groups is 2. The smallest absolute Gasteiger partial charge is 0.271 e. The minimum Gasteiger partial charge on any atom is -0.747 e. The van der Waals surface area contributed by atoms with E-state index in [-0.39, 0.29) is 0 Å². The maximum Gasteiger partial charge on any atom is 0.271 e. The van der Waals surface area contributed by atoms with E-state index >= 15 is 0 Å². The molecule has 1 saturated heterocycles. The van der Waals surface area contributed by atoms with E-state index in [9.17, 15) is 22.6 Å². The van der Waals surface area contributed by atoms with Gasteiger partial charge in [0.1, 0.15) is 15.4 Å². The molecule has 92 valence electrons. The lowest BCUT2D eigenvalue weighted by atomic mass is 10.2. The topological polar surface area (TPSA) is 104 Å². The van der Waals surface area contributed by atoms with Crippen LogP contribution in [0, 0.1) is 0 Å². The molecule has 1 rings (SSSR count). The highest BCUT2D eigenvalue weighted by Gasteiger charge is 2.45. The van der Waals surface area contributed by atoms with Crippen LogP contribution in [-0.4, -0.2) is 40.7 Å². The quantitative estimate of drug-likeness (QED) is 0.478. The zero-order valence-electron chi connectivity index (χ0n) is 9.09. The van der Waals surface area contributed by atoms with Crippen molar-refractivity contribution in [3.8, 4) is 0 Å². The van der Waals surface area contributed by atoms with E-state index in [1.54, 1.807) is 20.8 Å². The Balaban J connectivity index is 2.93. The largest absolute Gasteiger partial charge is 0.747 e. The van der Waals surface area contributed by atoms with Crippen molar-refractivity contribution in [3.63, 3.8) is 0 Å². The van der Waals surface area contributed by atoms with Crippen LogP contribution in [0.25, 0.3) is 0 Å². The molecule has 1 aliphatic rings. The maximum absolute atomic E-state index is 11.4. The lowest BCUT2D eigenvalue weighted by Crippen LogP contribution is -2.40. The second kappa shape index (κ2) is 3.79. The molecule has 0 radical (unpaired) electrons. The Morgan fingerprint density at radius 3 is 2.19 bits per heavy atom. The first-order valence-electron chi connectivity index (χ1n) is 4.53. The fraction of sp³-hybridized carbons (Fsp3) is 0.750. The van der Waals surface area contributed by atoms with Gasteiger partial charge in [-0.1, -0.05) is 0 Å². The second-order valence-electron chi connectivity index (χ2n) is 4.42. The van der Waals surface area contributed by atoms with E-state index in [1.807, 2.05) is 0 Å². The molecule has 1 unspecified atom stereocenters. The molecule has 0 bridgehead atoms. The van der Waals surface area contributed by atoms with Crippen LogP contribution in [0.15, 0.2) is 0 Å². The van der Waals surface area contributed by atoms with Crippen LogP contribution < -0.4 is 0 Å². The summed E-state index contributed by atoms with van der Waals surface area (Å²) < 4.78 is 32.1. The molecule has 0 spiro atoms. The first-order chi connectivity index (χ1) is 7.02. The summed E-state index contributed by atoms with van der Waals surface area (Å²) in [5.74, 6) is -1.93. The van der Waals surface area contributed by atoms with Crippen molar-refractivity contribution < 1.29 is 27.4 Å². The van der Waals surface area contributed by atoms with Gasteiger partial charge in [-0.2, -0.15) is 5.06 Å². The lowest BCUT2D eigenvalue weighted by Gasteiger charge is -2.25. The van der Waals surface area contributed by atoms with Gasteiger partial charge in [0.15, 0.2) is 0 Å². The van der Waals surface area contributed by atoms with E-state index < -0.39 is 39.2 Å². The molecule has 0 saturated carbocycles. The van der Waals surface area contributed by atoms with Crippen molar-refractivity contribution in [3.05, 3.63) is 0 Å². The third kappa shape index (κ3) is 2.77. The van der Waals surface area contributed by atoms with Gasteiger partial charge < -0.3 is 4.55 Å². The molecule has 0 aromatic heterocycles. The van der Waals surface area contributed by atoms with E-state index in [2.05, 4.69) is 0 Å². The van der Waals surface area contributed by atoms with Gasteiger partial charge in [-0.05, 0) is 20.8 Å². The summed E-state index contributed by atoms with van der Waals surface area (Å²) in [6.45, 7) is 4.77. The van der Waals surface area contributed by atoms with Crippen molar-refractivity contribution >= 4 is 21.9 Å². The van der Waals surface area contributed by atoms with Crippen LogP contribution in [0.3, 0.4) is 0 Å². The molecule has 16 heavy (non-hydrogen) atoms. The van der Waals surface area contributed by atoms with Crippen LogP contribution in [0.1, 0.15) is 27.2 Å². The summed E-state index contributed by atoms with van der Waals surface area (Å²) in [4.78, 5) is 27.7. The van der Waals surface area contributed by atoms with E-state index in [0.29, 0.717) is 5.06 Å². The molecule has 8 heteroatoms. The van der Waals surface area contributed by atoms with Crippen molar-refractivity contribution in [1.82, 2.24) is 5.06 Å². The van der Waals surface area contributed by atoms with Gasteiger partial charge in [0.25, 0.3) is 11.8 Å². The van der Waals surface area contributed by atoms with Crippen LogP contribution >= 0.6 is 0 Å². The molecule has 0 aromatic carbocycles.